The van der Waals surface area contributed by atoms with E-state index < -0.39 is 54.5 Å². The molecule has 1 heterocycles. The van der Waals surface area contributed by atoms with Gasteiger partial charge in [-0.25, -0.2) is 4.79 Å². The van der Waals surface area contributed by atoms with Crippen molar-refractivity contribution in [3.63, 3.8) is 0 Å². The predicted octanol–water partition coefficient (Wildman–Crippen LogP) is -2.55. The maximum Gasteiger partial charge on any atom is 0.326 e. The zero-order valence-corrected chi connectivity index (χ0v) is 19.2. The second-order valence-electron chi connectivity index (χ2n) is 8.20. The number of aliphatic hydroxyl groups is 1. The lowest BCUT2D eigenvalue weighted by Gasteiger charge is -2.30. The van der Waals surface area contributed by atoms with Crippen molar-refractivity contribution in [3.8, 4) is 0 Å². The number of carbonyl (C=O) groups is 4. The molecule has 0 aromatic carbocycles. The molecule has 0 aliphatic carbocycles. The fraction of sp³-hybridized carbons (Fsp3) is 0.750. The van der Waals surface area contributed by atoms with E-state index in [0.717, 1.165) is 0 Å². The molecule has 188 valence electrons. The van der Waals surface area contributed by atoms with Gasteiger partial charge in [0.15, 0.2) is 5.96 Å². The first-order valence-corrected chi connectivity index (χ1v) is 11.1. The Morgan fingerprint density at radius 1 is 1.21 bits per heavy atom. The van der Waals surface area contributed by atoms with E-state index in [-0.39, 0.29) is 24.8 Å². The minimum absolute atomic E-state index is 0.100. The van der Waals surface area contributed by atoms with Crippen LogP contribution in [0.2, 0.25) is 0 Å². The van der Waals surface area contributed by atoms with Crippen LogP contribution in [0.15, 0.2) is 4.99 Å². The molecule has 0 bridgehead atoms. The highest BCUT2D eigenvalue weighted by atomic mass is 16.4. The van der Waals surface area contributed by atoms with E-state index in [0.29, 0.717) is 32.2 Å². The summed E-state index contributed by atoms with van der Waals surface area (Å²) in [4.78, 5) is 55.0. The number of rotatable bonds is 13. The SMILES string of the molecule is CCC(C)C(NC(=O)C1CCCN1C(=O)C(N)CO)C(=O)NC(CCCN=C(N)N)C(=O)O. The average molecular weight is 472 g/mol. The number of carboxylic acid groups (broad SMARTS) is 1. The first kappa shape index (κ1) is 28.1. The van der Waals surface area contributed by atoms with E-state index >= 15 is 0 Å². The first-order valence-electron chi connectivity index (χ1n) is 11.1. The van der Waals surface area contributed by atoms with Gasteiger partial charge >= 0.3 is 5.97 Å². The summed E-state index contributed by atoms with van der Waals surface area (Å²) in [5.41, 5.74) is 16.1. The molecule has 5 unspecified atom stereocenters. The molecule has 1 aliphatic heterocycles. The summed E-state index contributed by atoms with van der Waals surface area (Å²) in [5.74, 6) is -3.31. The molecule has 0 aromatic rings. The minimum Gasteiger partial charge on any atom is -0.480 e. The Hall–Kier alpha value is -2.93. The van der Waals surface area contributed by atoms with Crippen LogP contribution in [0.5, 0.6) is 0 Å². The van der Waals surface area contributed by atoms with E-state index in [1.54, 1.807) is 6.92 Å². The summed E-state index contributed by atoms with van der Waals surface area (Å²) < 4.78 is 0. The molecule has 1 aliphatic rings. The Morgan fingerprint density at radius 3 is 2.42 bits per heavy atom. The number of aliphatic imine (C=N–C) groups is 1. The molecule has 0 saturated carbocycles. The van der Waals surface area contributed by atoms with E-state index in [9.17, 15) is 24.3 Å². The summed E-state index contributed by atoms with van der Waals surface area (Å²) in [6.45, 7) is 3.60. The summed E-state index contributed by atoms with van der Waals surface area (Å²) in [6.07, 6.45) is 1.96. The largest absolute Gasteiger partial charge is 0.480 e. The Morgan fingerprint density at radius 2 is 1.88 bits per heavy atom. The smallest absolute Gasteiger partial charge is 0.326 e. The van der Waals surface area contributed by atoms with Gasteiger partial charge in [-0.1, -0.05) is 20.3 Å². The number of hydrogen-bond acceptors (Lipinski definition) is 7. The van der Waals surface area contributed by atoms with Crippen molar-refractivity contribution in [1.82, 2.24) is 15.5 Å². The molecule has 10 N–H and O–H groups in total. The Balaban J connectivity index is 2.88. The standard InChI is InChI=1S/C20H37N7O6/c1-3-11(2)15(17(30)25-13(19(32)33)6-4-8-24-20(22)23)26-16(29)14-7-5-9-27(14)18(31)12(21)10-28/h11-15,28H,3-10,21H2,1-2H3,(H,25,30)(H,26,29)(H,32,33)(H4,22,23,24). The summed E-state index contributed by atoms with van der Waals surface area (Å²) in [5, 5.41) is 23.8. The Kier molecular flexibility index (Phi) is 11.6. The number of nitrogens with two attached hydrogens (primary N) is 3. The highest BCUT2D eigenvalue weighted by molar-refractivity contribution is 5.94. The predicted molar refractivity (Wildman–Crippen MR) is 121 cm³/mol. The van der Waals surface area contributed by atoms with Gasteiger partial charge in [-0.2, -0.15) is 0 Å². The van der Waals surface area contributed by atoms with Crippen LogP contribution in [0, 0.1) is 5.92 Å². The van der Waals surface area contributed by atoms with Gasteiger partial charge in [0, 0.05) is 13.1 Å². The third-order valence-electron chi connectivity index (χ3n) is 5.71. The van der Waals surface area contributed by atoms with Crippen molar-refractivity contribution in [1.29, 1.82) is 0 Å². The van der Waals surface area contributed by atoms with Gasteiger partial charge < -0.3 is 42.9 Å². The number of nitrogens with zero attached hydrogens (tertiary/aromatic N) is 2. The number of carboxylic acids is 1. The molecular formula is C20H37N7O6. The molecule has 0 aromatic heterocycles. The molecule has 33 heavy (non-hydrogen) atoms. The van der Waals surface area contributed by atoms with Crippen molar-refractivity contribution in [3.05, 3.63) is 0 Å². The zero-order chi connectivity index (χ0) is 25.1. The number of carbonyl (C=O) groups excluding carboxylic acids is 3. The minimum atomic E-state index is -1.21. The fourth-order valence-electron chi connectivity index (χ4n) is 3.57. The second-order valence-corrected chi connectivity index (χ2v) is 8.20. The van der Waals surface area contributed by atoms with E-state index in [2.05, 4.69) is 15.6 Å². The first-order chi connectivity index (χ1) is 15.5. The molecule has 5 atom stereocenters. The molecule has 0 radical (unpaired) electrons. The van der Waals surface area contributed by atoms with Gasteiger partial charge in [0.05, 0.1) is 6.61 Å². The van der Waals surface area contributed by atoms with E-state index in [1.165, 1.54) is 4.90 Å². The highest BCUT2D eigenvalue weighted by Crippen LogP contribution is 2.19. The molecule has 13 nitrogen and oxygen atoms in total. The van der Waals surface area contributed by atoms with E-state index in [1.807, 2.05) is 6.92 Å². The van der Waals surface area contributed by atoms with Crippen LogP contribution in [0.3, 0.4) is 0 Å². The van der Waals surface area contributed by atoms with Gasteiger partial charge in [-0.15, -0.1) is 0 Å². The number of guanidine groups is 1. The summed E-state index contributed by atoms with van der Waals surface area (Å²) >= 11 is 0. The van der Waals surface area contributed by atoms with Gasteiger partial charge in [0.25, 0.3) is 0 Å². The number of aliphatic carboxylic acids is 1. The molecule has 0 spiro atoms. The zero-order valence-electron chi connectivity index (χ0n) is 19.2. The third-order valence-corrected chi connectivity index (χ3v) is 5.71. The number of nitrogens with one attached hydrogen (secondary N) is 2. The second kappa shape index (κ2) is 13.6. The van der Waals surface area contributed by atoms with Gasteiger partial charge in [0.2, 0.25) is 17.7 Å². The number of aliphatic hydroxyl groups excluding tert-OH is 1. The topological polar surface area (TPSA) is 226 Å². The van der Waals surface area contributed by atoms with Crippen LogP contribution in [0.1, 0.15) is 46.0 Å². The lowest BCUT2D eigenvalue weighted by Crippen LogP contribution is -2.58. The van der Waals surface area contributed by atoms with Crippen molar-refractivity contribution in [2.24, 2.45) is 28.1 Å². The van der Waals surface area contributed by atoms with Crippen LogP contribution in [-0.4, -0.2) is 88.6 Å². The average Bonchev–Trinajstić information content (AvgIpc) is 3.27. The van der Waals surface area contributed by atoms with Crippen molar-refractivity contribution in [2.75, 3.05) is 19.7 Å². The van der Waals surface area contributed by atoms with Crippen LogP contribution in [-0.2, 0) is 19.2 Å². The molecule has 1 saturated heterocycles. The molecule has 1 rings (SSSR count). The third kappa shape index (κ3) is 8.50. The molecular weight excluding hydrogens is 434 g/mol. The van der Waals surface area contributed by atoms with Crippen molar-refractivity contribution in [2.45, 2.75) is 70.1 Å². The van der Waals surface area contributed by atoms with Crippen molar-refractivity contribution < 1.29 is 29.4 Å². The quantitative estimate of drug-likeness (QED) is 0.0850. The fourth-order valence-corrected chi connectivity index (χ4v) is 3.57. The van der Waals surface area contributed by atoms with Crippen LogP contribution in [0.4, 0.5) is 0 Å². The number of hydrogen-bond donors (Lipinski definition) is 7. The Bertz CT molecular complexity index is 728. The van der Waals surface area contributed by atoms with E-state index in [4.69, 9.17) is 22.3 Å². The van der Waals surface area contributed by atoms with Gasteiger partial charge in [-0.3, -0.25) is 19.4 Å². The molecule has 3 amide bonds. The lowest BCUT2D eigenvalue weighted by atomic mass is 9.97. The lowest BCUT2D eigenvalue weighted by molar-refractivity contribution is -0.143. The normalized spacial score (nSPS) is 19.2. The molecule has 1 fully saturated rings. The Labute approximate surface area is 193 Å². The van der Waals surface area contributed by atoms with Gasteiger partial charge in [-0.05, 0) is 31.6 Å². The highest BCUT2D eigenvalue weighted by Gasteiger charge is 2.38. The van der Waals surface area contributed by atoms with Crippen LogP contribution in [0.25, 0.3) is 0 Å². The summed E-state index contributed by atoms with van der Waals surface area (Å²) in [7, 11) is 0. The maximum atomic E-state index is 13.0. The van der Waals surface area contributed by atoms with Gasteiger partial charge in [0.1, 0.15) is 24.2 Å². The van der Waals surface area contributed by atoms with Crippen molar-refractivity contribution >= 4 is 29.7 Å². The monoisotopic (exact) mass is 471 g/mol. The number of amides is 3. The summed E-state index contributed by atoms with van der Waals surface area (Å²) in [6, 6.07) is -4.11. The number of likely N-dealkylation sites (tertiary alicyclic amines) is 1. The molecule has 13 heteroatoms. The van der Waals surface area contributed by atoms with Crippen LogP contribution >= 0.6 is 0 Å². The maximum absolute atomic E-state index is 13.0. The van der Waals surface area contributed by atoms with Crippen LogP contribution < -0.4 is 27.8 Å².